The van der Waals surface area contributed by atoms with Crippen molar-refractivity contribution in [2.24, 2.45) is 11.5 Å². The lowest BCUT2D eigenvalue weighted by atomic mass is 10.3. The fraction of sp³-hybridized carbons (Fsp3) is 0.273. The van der Waals surface area contributed by atoms with E-state index in [1.54, 1.807) is 14.2 Å². The normalized spacial score (nSPS) is 7.72. The van der Waals surface area contributed by atoms with Crippen molar-refractivity contribution in [2.45, 2.75) is 6.92 Å². The predicted octanol–water partition coefficient (Wildman–Crippen LogP) is 0.633. The van der Waals surface area contributed by atoms with Crippen LogP contribution >= 0.6 is 0 Å². The molecule has 0 aromatic heterocycles. The number of guanidine groups is 1. The Labute approximate surface area is 106 Å². The molecular formula is C11H19N3O4. The summed E-state index contributed by atoms with van der Waals surface area (Å²) in [5, 5.41) is 13.5. The number of carbonyl (C=O) groups is 1. The minimum absolute atomic E-state index is 0.333. The van der Waals surface area contributed by atoms with Gasteiger partial charge in [-0.2, -0.15) is 0 Å². The number of benzene rings is 1. The highest BCUT2D eigenvalue weighted by atomic mass is 16.5. The van der Waals surface area contributed by atoms with E-state index in [9.17, 15) is 0 Å². The summed E-state index contributed by atoms with van der Waals surface area (Å²) >= 11 is 0. The van der Waals surface area contributed by atoms with Crippen molar-refractivity contribution in [3.63, 3.8) is 0 Å². The first-order valence-electron chi connectivity index (χ1n) is 4.80. The van der Waals surface area contributed by atoms with Gasteiger partial charge < -0.3 is 26.0 Å². The zero-order chi connectivity index (χ0) is 14.6. The average molecular weight is 257 g/mol. The Morgan fingerprint density at radius 2 is 1.28 bits per heavy atom. The lowest BCUT2D eigenvalue weighted by Gasteiger charge is -2.00. The molecule has 0 aliphatic carbocycles. The molecule has 0 saturated heterocycles. The minimum atomic E-state index is -0.833. The first kappa shape index (κ1) is 17.9. The Bertz CT molecular complexity index is 309. The Balaban J connectivity index is 0. The monoisotopic (exact) mass is 257 g/mol. The van der Waals surface area contributed by atoms with Crippen LogP contribution in [0.3, 0.4) is 0 Å². The van der Waals surface area contributed by atoms with E-state index in [0.717, 1.165) is 18.4 Å². The molecule has 7 nitrogen and oxygen atoms in total. The van der Waals surface area contributed by atoms with E-state index in [4.69, 9.17) is 24.8 Å². The molecular weight excluding hydrogens is 238 g/mol. The van der Waals surface area contributed by atoms with Crippen LogP contribution in [0.5, 0.6) is 11.5 Å². The fourth-order valence-corrected chi connectivity index (χ4v) is 0.712. The summed E-state index contributed by atoms with van der Waals surface area (Å²) in [6.45, 7) is 1.08. The third-order valence-electron chi connectivity index (χ3n) is 1.30. The molecule has 0 aliphatic heterocycles. The number of hydrogen-bond donors (Lipinski definition) is 4. The second kappa shape index (κ2) is 11.1. The molecule has 0 aliphatic rings. The van der Waals surface area contributed by atoms with Crippen molar-refractivity contribution in [1.29, 1.82) is 5.41 Å². The summed E-state index contributed by atoms with van der Waals surface area (Å²) in [6.07, 6.45) is 0. The van der Waals surface area contributed by atoms with Gasteiger partial charge in [0.1, 0.15) is 11.5 Å². The third-order valence-corrected chi connectivity index (χ3v) is 1.30. The number of carboxylic acid groups (broad SMARTS) is 1. The maximum atomic E-state index is 9.00. The number of aliphatic carboxylic acids is 1. The van der Waals surface area contributed by atoms with E-state index in [2.05, 4.69) is 11.5 Å². The van der Waals surface area contributed by atoms with Crippen LogP contribution in [-0.2, 0) is 4.79 Å². The number of methoxy groups -OCH3 is 2. The lowest BCUT2D eigenvalue weighted by molar-refractivity contribution is -0.134. The maximum absolute atomic E-state index is 9.00. The molecule has 0 saturated carbocycles. The molecule has 0 atom stereocenters. The van der Waals surface area contributed by atoms with E-state index in [1.165, 1.54) is 0 Å². The molecule has 0 amide bonds. The number of carboxylic acids is 1. The van der Waals surface area contributed by atoms with Gasteiger partial charge in [-0.05, 0) is 24.3 Å². The highest BCUT2D eigenvalue weighted by molar-refractivity contribution is 5.71. The van der Waals surface area contributed by atoms with Crippen LogP contribution < -0.4 is 20.9 Å². The van der Waals surface area contributed by atoms with Gasteiger partial charge in [0.25, 0.3) is 5.97 Å². The SMILES string of the molecule is CC(=O)O.COc1ccc(OC)cc1.N=C(N)N. The average Bonchev–Trinajstić information content (AvgIpc) is 2.28. The van der Waals surface area contributed by atoms with Gasteiger partial charge in [0.05, 0.1) is 14.2 Å². The molecule has 0 bridgehead atoms. The van der Waals surface area contributed by atoms with Gasteiger partial charge in [-0.3, -0.25) is 10.2 Å². The van der Waals surface area contributed by atoms with Crippen LogP contribution in [0.25, 0.3) is 0 Å². The molecule has 7 heteroatoms. The first-order valence-corrected chi connectivity index (χ1v) is 4.80. The quantitative estimate of drug-likeness (QED) is 0.454. The van der Waals surface area contributed by atoms with Crippen LogP contribution in [0.4, 0.5) is 0 Å². The third kappa shape index (κ3) is 16.0. The van der Waals surface area contributed by atoms with Gasteiger partial charge in [-0.1, -0.05) is 0 Å². The van der Waals surface area contributed by atoms with Crippen LogP contribution in [-0.4, -0.2) is 31.3 Å². The molecule has 1 aromatic rings. The van der Waals surface area contributed by atoms with Gasteiger partial charge in [0, 0.05) is 6.92 Å². The zero-order valence-electron chi connectivity index (χ0n) is 10.6. The molecule has 0 fully saturated rings. The van der Waals surface area contributed by atoms with Crippen molar-refractivity contribution in [3.8, 4) is 11.5 Å². The Hall–Kier alpha value is -2.44. The number of hydrogen-bond acceptors (Lipinski definition) is 4. The van der Waals surface area contributed by atoms with Crippen LogP contribution in [0, 0.1) is 5.41 Å². The van der Waals surface area contributed by atoms with E-state index in [0.29, 0.717) is 0 Å². The largest absolute Gasteiger partial charge is 0.497 e. The molecule has 0 unspecified atom stereocenters. The Morgan fingerprint density at radius 3 is 1.39 bits per heavy atom. The summed E-state index contributed by atoms with van der Waals surface area (Å²) < 4.78 is 9.92. The van der Waals surface area contributed by atoms with Gasteiger partial charge in [-0.15, -0.1) is 0 Å². The lowest BCUT2D eigenvalue weighted by Crippen LogP contribution is -2.20. The summed E-state index contributed by atoms with van der Waals surface area (Å²) in [4.78, 5) is 9.00. The second-order valence-corrected chi connectivity index (χ2v) is 2.85. The summed E-state index contributed by atoms with van der Waals surface area (Å²) in [7, 11) is 3.28. The molecule has 1 aromatic carbocycles. The topological polar surface area (TPSA) is 132 Å². The van der Waals surface area contributed by atoms with Crippen molar-refractivity contribution >= 4 is 11.9 Å². The van der Waals surface area contributed by atoms with Crippen LogP contribution in [0.2, 0.25) is 0 Å². The van der Waals surface area contributed by atoms with Crippen LogP contribution in [0.15, 0.2) is 24.3 Å². The van der Waals surface area contributed by atoms with Gasteiger partial charge in [0.15, 0.2) is 5.96 Å². The Kier molecular flexibility index (Phi) is 11.0. The van der Waals surface area contributed by atoms with E-state index in [1.807, 2.05) is 24.3 Å². The van der Waals surface area contributed by atoms with Crippen molar-refractivity contribution in [2.75, 3.05) is 14.2 Å². The molecule has 0 heterocycles. The highest BCUT2D eigenvalue weighted by Crippen LogP contribution is 2.15. The maximum Gasteiger partial charge on any atom is 0.300 e. The first-order chi connectivity index (χ1) is 8.33. The van der Waals surface area contributed by atoms with Gasteiger partial charge in [-0.25, -0.2) is 0 Å². The smallest absolute Gasteiger partial charge is 0.300 e. The van der Waals surface area contributed by atoms with Gasteiger partial charge >= 0.3 is 0 Å². The predicted molar refractivity (Wildman–Crippen MR) is 69.0 cm³/mol. The van der Waals surface area contributed by atoms with E-state index >= 15 is 0 Å². The van der Waals surface area contributed by atoms with Crippen LogP contribution in [0.1, 0.15) is 6.92 Å². The second-order valence-electron chi connectivity index (χ2n) is 2.85. The minimum Gasteiger partial charge on any atom is -0.497 e. The summed E-state index contributed by atoms with van der Waals surface area (Å²) in [5.41, 5.74) is 8.94. The highest BCUT2D eigenvalue weighted by Gasteiger charge is 1.89. The fourth-order valence-electron chi connectivity index (χ4n) is 0.712. The van der Waals surface area contributed by atoms with Crippen molar-refractivity contribution < 1.29 is 19.4 Å². The summed E-state index contributed by atoms with van der Waals surface area (Å²) in [6, 6.07) is 7.44. The van der Waals surface area contributed by atoms with Crippen molar-refractivity contribution in [1.82, 2.24) is 0 Å². The van der Waals surface area contributed by atoms with E-state index < -0.39 is 5.97 Å². The molecule has 102 valence electrons. The van der Waals surface area contributed by atoms with E-state index in [-0.39, 0.29) is 5.96 Å². The zero-order valence-corrected chi connectivity index (χ0v) is 10.6. The Morgan fingerprint density at radius 1 is 1.11 bits per heavy atom. The standard InChI is InChI=1S/C8H10O2.C2H4O2.CH5N3/c1-9-7-3-5-8(10-2)6-4-7;1-2(3)4;2-1(3)4/h3-6H,1-2H3;1H3,(H,3,4);(H5,2,3,4). The number of rotatable bonds is 2. The summed E-state index contributed by atoms with van der Waals surface area (Å²) in [5.74, 6) is 0.529. The number of ether oxygens (including phenoxy) is 2. The molecule has 0 radical (unpaired) electrons. The molecule has 1 rings (SSSR count). The molecule has 6 N–H and O–H groups in total. The van der Waals surface area contributed by atoms with Crippen molar-refractivity contribution in [3.05, 3.63) is 24.3 Å². The molecule has 18 heavy (non-hydrogen) atoms. The molecule has 0 spiro atoms. The number of nitrogens with two attached hydrogens (primary N) is 2. The van der Waals surface area contributed by atoms with Gasteiger partial charge in [0.2, 0.25) is 0 Å². The number of nitrogens with one attached hydrogen (secondary N) is 1.